The molecular weight excluding hydrogens is 186 g/mol. The average molecular weight is 203 g/mol. The van der Waals surface area contributed by atoms with Gasteiger partial charge in [-0.3, -0.25) is 9.88 Å². The summed E-state index contributed by atoms with van der Waals surface area (Å²) >= 11 is 0. The van der Waals surface area contributed by atoms with Crippen molar-refractivity contribution in [1.29, 1.82) is 0 Å². The second-order valence-electron chi connectivity index (χ2n) is 4.73. The van der Waals surface area contributed by atoms with Crippen molar-refractivity contribution < 1.29 is 0 Å². The third kappa shape index (κ3) is 1.90. The molecule has 0 aromatic carbocycles. The van der Waals surface area contributed by atoms with Gasteiger partial charge in [0.1, 0.15) is 0 Å². The van der Waals surface area contributed by atoms with Crippen LogP contribution < -0.4 is 5.32 Å². The zero-order valence-corrected chi connectivity index (χ0v) is 8.89. The molecule has 15 heavy (non-hydrogen) atoms. The van der Waals surface area contributed by atoms with E-state index in [0.29, 0.717) is 0 Å². The van der Waals surface area contributed by atoms with Crippen molar-refractivity contribution in [3.63, 3.8) is 0 Å². The van der Waals surface area contributed by atoms with Crippen molar-refractivity contribution in [3.05, 3.63) is 30.1 Å². The van der Waals surface area contributed by atoms with E-state index in [0.717, 1.165) is 18.4 Å². The van der Waals surface area contributed by atoms with Gasteiger partial charge in [0.05, 0.1) is 0 Å². The molecule has 0 bridgehead atoms. The van der Waals surface area contributed by atoms with Gasteiger partial charge in [0.15, 0.2) is 0 Å². The predicted molar refractivity (Wildman–Crippen MR) is 59.4 cm³/mol. The summed E-state index contributed by atoms with van der Waals surface area (Å²) in [6, 6.07) is 4.19. The molecule has 0 aliphatic carbocycles. The van der Waals surface area contributed by atoms with Gasteiger partial charge in [-0.1, -0.05) is 6.07 Å². The summed E-state index contributed by atoms with van der Waals surface area (Å²) in [7, 11) is 0. The Kier molecular flexibility index (Phi) is 2.43. The minimum Gasteiger partial charge on any atom is -0.316 e. The van der Waals surface area contributed by atoms with Crippen molar-refractivity contribution in [1.82, 2.24) is 15.2 Å². The second kappa shape index (κ2) is 3.91. The van der Waals surface area contributed by atoms with Crippen LogP contribution in [-0.4, -0.2) is 36.1 Å². The van der Waals surface area contributed by atoms with E-state index in [-0.39, 0.29) is 0 Å². The summed E-state index contributed by atoms with van der Waals surface area (Å²) in [4.78, 5) is 6.72. The molecular formula is C12H17N3. The Bertz CT molecular complexity index is 313. The minimum absolute atomic E-state index is 0.890. The first-order valence-corrected chi connectivity index (χ1v) is 5.74. The molecule has 2 saturated heterocycles. The van der Waals surface area contributed by atoms with Gasteiger partial charge in [-0.05, 0) is 36.6 Å². The molecule has 3 nitrogen and oxygen atoms in total. The van der Waals surface area contributed by atoms with E-state index >= 15 is 0 Å². The van der Waals surface area contributed by atoms with Gasteiger partial charge in [-0.15, -0.1) is 0 Å². The highest BCUT2D eigenvalue weighted by atomic mass is 15.2. The maximum atomic E-state index is 4.16. The molecule has 2 atom stereocenters. The molecule has 0 radical (unpaired) electrons. The summed E-state index contributed by atoms with van der Waals surface area (Å²) in [6.45, 7) is 6.02. The number of nitrogens with one attached hydrogen (secondary N) is 1. The molecule has 2 aliphatic rings. The van der Waals surface area contributed by atoms with E-state index in [1.807, 2.05) is 18.5 Å². The highest BCUT2D eigenvalue weighted by Gasteiger charge is 2.35. The predicted octanol–water partition coefficient (Wildman–Crippen LogP) is 0.733. The van der Waals surface area contributed by atoms with E-state index in [1.165, 1.54) is 31.7 Å². The highest BCUT2D eigenvalue weighted by Crippen LogP contribution is 2.27. The summed E-state index contributed by atoms with van der Waals surface area (Å²) in [5.41, 5.74) is 1.34. The Labute approximate surface area is 90.5 Å². The number of likely N-dealkylation sites (tertiary alicyclic amines) is 1. The SMILES string of the molecule is c1cncc(CN2C[C@H]3CNC[C@H]3C2)c1. The maximum absolute atomic E-state index is 4.16. The number of rotatable bonds is 2. The van der Waals surface area contributed by atoms with Crippen LogP contribution in [-0.2, 0) is 6.54 Å². The molecule has 0 unspecified atom stereocenters. The Morgan fingerprint density at radius 1 is 1.33 bits per heavy atom. The lowest BCUT2D eigenvalue weighted by atomic mass is 10.0. The van der Waals surface area contributed by atoms with E-state index in [4.69, 9.17) is 0 Å². The summed E-state index contributed by atoms with van der Waals surface area (Å²) in [6.07, 6.45) is 3.82. The lowest BCUT2D eigenvalue weighted by Crippen LogP contribution is -2.25. The van der Waals surface area contributed by atoms with E-state index < -0.39 is 0 Å². The Morgan fingerprint density at radius 2 is 2.13 bits per heavy atom. The van der Waals surface area contributed by atoms with E-state index in [9.17, 15) is 0 Å². The standard InChI is InChI=1S/C12H17N3/c1-2-10(4-13-3-1)7-15-8-11-5-14-6-12(11)9-15/h1-4,11-12,14H,5-9H2/t11-,12+. The van der Waals surface area contributed by atoms with Crippen molar-refractivity contribution in [2.75, 3.05) is 26.2 Å². The molecule has 2 aliphatic heterocycles. The summed E-state index contributed by atoms with van der Waals surface area (Å²) in [5.74, 6) is 1.78. The van der Waals surface area contributed by atoms with Gasteiger partial charge in [0.25, 0.3) is 0 Å². The van der Waals surface area contributed by atoms with Crippen molar-refractivity contribution in [3.8, 4) is 0 Å². The van der Waals surface area contributed by atoms with Crippen LogP contribution in [0.5, 0.6) is 0 Å². The Hall–Kier alpha value is -0.930. The molecule has 3 heteroatoms. The van der Waals surface area contributed by atoms with Gasteiger partial charge >= 0.3 is 0 Å². The fourth-order valence-electron chi connectivity index (χ4n) is 2.83. The van der Waals surface area contributed by atoms with Crippen LogP contribution in [0, 0.1) is 11.8 Å². The van der Waals surface area contributed by atoms with Crippen molar-refractivity contribution in [2.24, 2.45) is 11.8 Å². The van der Waals surface area contributed by atoms with E-state index in [2.05, 4.69) is 21.3 Å². The first kappa shape index (κ1) is 9.31. The maximum Gasteiger partial charge on any atom is 0.0312 e. The molecule has 0 saturated carbocycles. The zero-order chi connectivity index (χ0) is 10.1. The van der Waals surface area contributed by atoms with Gasteiger partial charge in [-0.2, -0.15) is 0 Å². The zero-order valence-electron chi connectivity index (χ0n) is 8.89. The smallest absolute Gasteiger partial charge is 0.0312 e. The summed E-state index contributed by atoms with van der Waals surface area (Å²) < 4.78 is 0. The van der Waals surface area contributed by atoms with Gasteiger partial charge in [-0.25, -0.2) is 0 Å². The third-order valence-electron chi connectivity index (χ3n) is 3.59. The van der Waals surface area contributed by atoms with Gasteiger partial charge in [0, 0.05) is 32.0 Å². The van der Waals surface area contributed by atoms with Crippen LogP contribution in [0.25, 0.3) is 0 Å². The van der Waals surface area contributed by atoms with Crippen LogP contribution >= 0.6 is 0 Å². The molecule has 1 aromatic rings. The molecule has 3 rings (SSSR count). The van der Waals surface area contributed by atoms with Crippen LogP contribution in [0.1, 0.15) is 5.56 Å². The molecule has 0 amide bonds. The minimum atomic E-state index is 0.890. The number of pyridine rings is 1. The molecule has 1 aromatic heterocycles. The number of fused-ring (bicyclic) bond motifs is 1. The quantitative estimate of drug-likeness (QED) is 0.768. The highest BCUT2D eigenvalue weighted by molar-refractivity contribution is 5.09. The first-order valence-electron chi connectivity index (χ1n) is 5.74. The van der Waals surface area contributed by atoms with Crippen molar-refractivity contribution in [2.45, 2.75) is 6.54 Å². The Morgan fingerprint density at radius 3 is 2.80 bits per heavy atom. The lowest BCUT2D eigenvalue weighted by molar-refractivity contribution is 0.305. The fraction of sp³-hybridized carbons (Fsp3) is 0.583. The van der Waals surface area contributed by atoms with E-state index in [1.54, 1.807) is 0 Å². The van der Waals surface area contributed by atoms with Gasteiger partial charge < -0.3 is 5.32 Å². The normalized spacial score (nSPS) is 30.7. The van der Waals surface area contributed by atoms with Crippen LogP contribution in [0.2, 0.25) is 0 Å². The topological polar surface area (TPSA) is 28.2 Å². The van der Waals surface area contributed by atoms with Crippen LogP contribution in [0.15, 0.2) is 24.5 Å². The number of aromatic nitrogens is 1. The van der Waals surface area contributed by atoms with Crippen LogP contribution in [0.3, 0.4) is 0 Å². The molecule has 1 N–H and O–H groups in total. The molecule has 0 spiro atoms. The number of nitrogens with zero attached hydrogens (tertiary/aromatic N) is 2. The number of hydrogen-bond donors (Lipinski definition) is 1. The summed E-state index contributed by atoms with van der Waals surface area (Å²) in [5, 5.41) is 3.47. The van der Waals surface area contributed by atoms with Gasteiger partial charge in [0.2, 0.25) is 0 Å². The first-order chi connectivity index (χ1) is 7.42. The lowest BCUT2D eigenvalue weighted by Gasteiger charge is -2.16. The molecule has 80 valence electrons. The third-order valence-corrected chi connectivity index (χ3v) is 3.59. The number of hydrogen-bond acceptors (Lipinski definition) is 3. The molecule has 3 heterocycles. The second-order valence-corrected chi connectivity index (χ2v) is 4.73. The monoisotopic (exact) mass is 203 g/mol. The largest absolute Gasteiger partial charge is 0.316 e. The molecule has 2 fully saturated rings. The Balaban J connectivity index is 1.62. The fourth-order valence-corrected chi connectivity index (χ4v) is 2.83. The average Bonchev–Trinajstić information content (AvgIpc) is 2.79. The van der Waals surface area contributed by atoms with Crippen LogP contribution in [0.4, 0.5) is 0 Å². The van der Waals surface area contributed by atoms with Crippen molar-refractivity contribution >= 4 is 0 Å².